The Morgan fingerprint density at radius 2 is 1.82 bits per heavy atom. The zero-order valence-electron chi connectivity index (χ0n) is 22.2. The molecule has 10 heteroatoms. The Bertz CT molecular complexity index is 1280. The molecule has 3 atom stereocenters. The molecule has 2 unspecified atom stereocenters. The largest absolute Gasteiger partial charge is 0.481 e. The van der Waals surface area contributed by atoms with Crippen LogP contribution in [0.2, 0.25) is 5.02 Å². The summed E-state index contributed by atoms with van der Waals surface area (Å²) in [7, 11) is 0. The number of aliphatic hydroxyl groups excluding tert-OH is 3. The van der Waals surface area contributed by atoms with Gasteiger partial charge in [-0.3, -0.25) is 9.59 Å². The first-order valence-electron chi connectivity index (χ1n) is 13.3. The predicted octanol–water partition coefficient (Wildman–Crippen LogP) is 4.02. The van der Waals surface area contributed by atoms with Crippen LogP contribution in [0.3, 0.4) is 0 Å². The van der Waals surface area contributed by atoms with Crippen molar-refractivity contribution in [2.45, 2.75) is 77.0 Å². The first kappa shape index (κ1) is 30.6. The van der Waals surface area contributed by atoms with Gasteiger partial charge in [0.05, 0.1) is 30.9 Å². The maximum atomic E-state index is 11.9. The number of pyridine rings is 1. The van der Waals surface area contributed by atoms with Gasteiger partial charge in [0.25, 0.3) is 0 Å². The van der Waals surface area contributed by atoms with E-state index < -0.39 is 30.7 Å². The number of halogens is 1. The van der Waals surface area contributed by atoms with Crippen LogP contribution in [-0.4, -0.2) is 54.6 Å². The third-order valence-electron chi connectivity index (χ3n) is 6.94. The molecule has 2 heterocycles. The van der Waals surface area contributed by atoms with E-state index in [0.29, 0.717) is 23.0 Å². The molecule has 212 valence electrons. The lowest BCUT2D eigenvalue weighted by molar-refractivity contribution is -0.138. The number of fused-ring (bicyclic) bond motifs is 1. The molecule has 0 aliphatic carbocycles. The number of primary amides is 1. The van der Waals surface area contributed by atoms with E-state index in [1.807, 2.05) is 18.2 Å². The van der Waals surface area contributed by atoms with Crippen molar-refractivity contribution in [1.29, 1.82) is 0 Å². The Labute approximate surface area is 233 Å². The summed E-state index contributed by atoms with van der Waals surface area (Å²) in [5, 5.41) is 41.6. The van der Waals surface area contributed by atoms with Crippen LogP contribution < -0.4 is 5.73 Å². The van der Waals surface area contributed by atoms with Gasteiger partial charge >= 0.3 is 5.97 Å². The Morgan fingerprint density at radius 1 is 1.10 bits per heavy atom. The van der Waals surface area contributed by atoms with Gasteiger partial charge in [-0.2, -0.15) is 0 Å². The smallest absolute Gasteiger partial charge is 0.303 e. The van der Waals surface area contributed by atoms with Gasteiger partial charge in [-0.25, -0.2) is 4.98 Å². The van der Waals surface area contributed by atoms with Crippen molar-refractivity contribution in [2.24, 2.45) is 11.7 Å². The quantitative estimate of drug-likeness (QED) is 0.166. The number of rotatable bonds is 16. The number of aryl methyl sites for hydroxylation is 1. The molecule has 3 aromatic rings. The third kappa shape index (κ3) is 8.50. The monoisotopic (exact) mass is 559 g/mol. The molecule has 1 aromatic carbocycles. The zero-order chi connectivity index (χ0) is 28.5. The summed E-state index contributed by atoms with van der Waals surface area (Å²) in [5.41, 5.74) is 8.64. The number of carboxylic acids is 1. The summed E-state index contributed by atoms with van der Waals surface area (Å²) in [5.74, 6) is -1.90. The van der Waals surface area contributed by atoms with Crippen LogP contribution >= 0.6 is 11.6 Å². The first-order valence-corrected chi connectivity index (χ1v) is 13.7. The van der Waals surface area contributed by atoms with Gasteiger partial charge in [0.2, 0.25) is 5.91 Å². The molecule has 0 bridgehead atoms. The van der Waals surface area contributed by atoms with Crippen LogP contribution in [0, 0.1) is 5.92 Å². The van der Waals surface area contributed by atoms with Crippen molar-refractivity contribution in [3.05, 3.63) is 63.9 Å². The van der Waals surface area contributed by atoms with E-state index in [1.54, 1.807) is 17.6 Å². The van der Waals surface area contributed by atoms with Crippen molar-refractivity contribution < 1.29 is 30.0 Å². The SMILES string of the molecule is CC(CC(=O)O)CC(O)c1c(CCCCCCc2cccc(Cl)c2)n(C[C@@H](O)CO)c2ncc(C(N)=O)cc12. The lowest BCUT2D eigenvalue weighted by Crippen LogP contribution is -2.22. The van der Waals surface area contributed by atoms with Gasteiger partial charge in [-0.05, 0) is 61.8 Å². The number of nitrogens with two attached hydrogens (primary N) is 1. The van der Waals surface area contributed by atoms with Gasteiger partial charge in [-0.1, -0.05) is 43.5 Å². The number of benzene rings is 1. The van der Waals surface area contributed by atoms with E-state index in [4.69, 9.17) is 17.3 Å². The van der Waals surface area contributed by atoms with E-state index in [1.165, 1.54) is 11.8 Å². The molecule has 0 saturated carbocycles. The fraction of sp³-hybridized carbons (Fsp3) is 0.483. The Kier molecular flexibility index (Phi) is 11.3. The minimum absolute atomic E-state index is 0.0530. The number of amides is 1. The van der Waals surface area contributed by atoms with E-state index in [9.17, 15) is 30.0 Å². The molecule has 3 rings (SSSR count). The second-order valence-electron chi connectivity index (χ2n) is 10.3. The summed E-state index contributed by atoms with van der Waals surface area (Å²) < 4.78 is 1.79. The van der Waals surface area contributed by atoms with Crippen LogP contribution in [0.25, 0.3) is 11.0 Å². The minimum Gasteiger partial charge on any atom is -0.481 e. The fourth-order valence-corrected chi connectivity index (χ4v) is 5.30. The topological polar surface area (TPSA) is 159 Å². The average Bonchev–Trinajstić information content (AvgIpc) is 3.17. The highest BCUT2D eigenvalue weighted by Gasteiger charge is 2.27. The molecule has 1 amide bonds. The molecule has 0 aliphatic rings. The molecule has 0 saturated heterocycles. The Balaban J connectivity index is 1.87. The van der Waals surface area contributed by atoms with Crippen molar-refractivity contribution >= 4 is 34.5 Å². The van der Waals surface area contributed by atoms with E-state index in [0.717, 1.165) is 42.8 Å². The maximum absolute atomic E-state index is 11.9. The van der Waals surface area contributed by atoms with Crippen LogP contribution in [0.4, 0.5) is 0 Å². The summed E-state index contributed by atoms with van der Waals surface area (Å²) in [6.07, 6.45) is 4.60. The number of aliphatic hydroxyl groups is 3. The summed E-state index contributed by atoms with van der Waals surface area (Å²) in [6.45, 7) is 1.37. The lowest BCUT2D eigenvalue weighted by Gasteiger charge is -2.19. The number of aromatic nitrogens is 2. The number of carbonyl (C=O) groups is 2. The van der Waals surface area contributed by atoms with Crippen LogP contribution in [0.1, 0.15) is 78.7 Å². The zero-order valence-corrected chi connectivity index (χ0v) is 23.0. The molecule has 0 fully saturated rings. The third-order valence-corrected chi connectivity index (χ3v) is 7.17. The number of carboxylic acid groups (broad SMARTS) is 1. The number of carbonyl (C=O) groups excluding carboxylic acids is 1. The van der Waals surface area contributed by atoms with Crippen LogP contribution in [0.15, 0.2) is 36.5 Å². The van der Waals surface area contributed by atoms with Gasteiger partial charge < -0.3 is 30.7 Å². The van der Waals surface area contributed by atoms with E-state index in [2.05, 4.69) is 11.1 Å². The molecular formula is C29H38ClN3O6. The second kappa shape index (κ2) is 14.4. The predicted molar refractivity (Wildman–Crippen MR) is 150 cm³/mol. The second-order valence-corrected chi connectivity index (χ2v) is 10.7. The Morgan fingerprint density at radius 3 is 2.46 bits per heavy atom. The summed E-state index contributed by atoms with van der Waals surface area (Å²) in [6, 6.07) is 9.41. The van der Waals surface area contributed by atoms with Crippen molar-refractivity contribution in [3.8, 4) is 0 Å². The van der Waals surface area contributed by atoms with Crippen LogP contribution in [0.5, 0.6) is 0 Å². The fourth-order valence-electron chi connectivity index (χ4n) is 5.09. The van der Waals surface area contributed by atoms with Gasteiger partial charge in [0.15, 0.2) is 0 Å². The normalized spacial score (nSPS) is 13.9. The molecule has 0 aliphatic heterocycles. The number of aliphatic carboxylic acids is 1. The molecular weight excluding hydrogens is 522 g/mol. The van der Waals surface area contributed by atoms with Gasteiger partial charge in [-0.15, -0.1) is 0 Å². The standard InChI is InChI=1S/C29H38ClN3O6/c1-18(12-26(37)38)11-25(36)27-23-14-20(28(31)39)15-32-29(23)33(16-22(35)17-34)24(27)10-5-3-2-4-7-19-8-6-9-21(30)13-19/h6,8-9,13-15,18,22,25,34-36H,2-5,7,10-12,16-17H2,1H3,(H2,31,39)(H,37,38)/t18?,22-,25?/m1/s1. The minimum atomic E-state index is -1.05. The molecule has 39 heavy (non-hydrogen) atoms. The number of hydrogen-bond acceptors (Lipinski definition) is 6. The maximum Gasteiger partial charge on any atom is 0.303 e. The average molecular weight is 560 g/mol. The Hall–Kier alpha value is -2.98. The highest BCUT2D eigenvalue weighted by Crippen LogP contribution is 2.35. The lowest BCUT2D eigenvalue weighted by atomic mass is 9.93. The highest BCUT2D eigenvalue weighted by molar-refractivity contribution is 6.30. The summed E-state index contributed by atoms with van der Waals surface area (Å²) in [4.78, 5) is 27.5. The number of unbranched alkanes of at least 4 members (excludes halogenated alkanes) is 3. The highest BCUT2D eigenvalue weighted by atomic mass is 35.5. The van der Waals surface area contributed by atoms with Crippen molar-refractivity contribution in [2.75, 3.05) is 6.61 Å². The first-order chi connectivity index (χ1) is 18.6. The van der Waals surface area contributed by atoms with E-state index >= 15 is 0 Å². The summed E-state index contributed by atoms with van der Waals surface area (Å²) >= 11 is 6.08. The van der Waals surface area contributed by atoms with E-state index in [-0.39, 0.29) is 30.9 Å². The number of nitrogens with zero attached hydrogens (tertiary/aromatic N) is 2. The van der Waals surface area contributed by atoms with Crippen molar-refractivity contribution in [3.63, 3.8) is 0 Å². The molecule has 9 nitrogen and oxygen atoms in total. The van der Waals surface area contributed by atoms with Gasteiger partial charge in [0.1, 0.15) is 5.65 Å². The van der Waals surface area contributed by atoms with Gasteiger partial charge in [0, 0.05) is 34.3 Å². The number of hydrogen-bond donors (Lipinski definition) is 5. The van der Waals surface area contributed by atoms with Crippen molar-refractivity contribution in [1.82, 2.24) is 9.55 Å². The van der Waals surface area contributed by atoms with Crippen LogP contribution in [-0.2, 0) is 24.2 Å². The molecule has 0 spiro atoms. The molecule has 6 N–H and O–H groups in total. The molecule has 0 radical (unpaired) electrons. The molecule has 2 aromatic heterocycles.